The van der Waals surface area contributed by atoms with Gasteiger partial charge in [0.1, 0.15) is 10.9 Å². The number of nitrogens with one attached hydrogen (secondary N) is 1. The van der Waals surface area contributed by atoms with Crippen molar-refractivity contribution in [2.45, 2.75) is 13.8 Å². The summed E-state index contributed by atoms with van der Waals surface area (Å²) in [5.74, 6) is 0.702. The number of methoxy groups -OCH3 is 1. The van der Waals surface area contributed by atoms with Crippen LogP contribution in [0.25, 0.3) is 10.8 Å². The van der Waals surface area contributed by atoms with E-state index in [9.17, 15) is 4.79 Å². The molecule has 0 unspecified atom stereocenters. The number of halogens is 1. The van der Waals surface area contributed by atoms with Crippen molar-refractivity contribution in [1.82, 2.24) is 4.98 Å². The fourth-order valence-electron chi connectivity index (χ4n) is 2.04. The number of benzene rings is 1. The van der Waals surface area contributed by atoms with E-state index in [1.807, 2.05) is 19.9 Å². The molecule has 0 saturated heterocycles. The second-order valence-corrected chi connectivity index (χ2v) is 4.19. The van der Waals surface area contributed by atoms with Crippen LogP contribution in [0.3, 0.4) is 0 Å². The summed E-state index contributed by atoms with van der Waals surface area (Å²) < 4.78 is 5.31. The average molecular weight is 238 g/mol. The third kappa shape index (κ3) is 1.57. The number of hydrogen-bond donors (Lipinski definition) is 1. The Morgan fingerprint density at radius 1 is 1.25 bits per heavy atom. The highest BCUT2D eigenvalue weighted by Crippen LogP contribution is 2.30. The van der Waals surface area contributed by atoms with Crippen molar-refractivity contribution in [2.24, 2.45) is 0 Å². The number of ether oxygens (including phenoxy) is 1. The number of H-pyrrole nitrogens is 1. The van der Waals surface area contributed by atoms with Crippen LogP contribution in [-0.4, -0.2) is 12.1 Å². The molecule has 2 aromatic rings. The number of aryl methyl sites for hydroxylation is 2. The van der Waals surface area contributed by atoms with E-state index in [1.165, 1.54) is 0 Å². The first-order valence-corrected chi connectivity index (χ1v) is 5.29. The summed E-state index contributed by atoms with van der Waals surface area (Å²) in [6, 6.07) is 3.65. The maximum Gasteiger partial charge on any atom is 0.257 e. The smallest absolute Gasteiger partial charge is 0.257 e. The highest BCUT2D eigenvalue weighted by atomic mass is 35.5. The first kappa shape index (κ1) is 11.0. The third-order valence-corrected chi connectivity index (χ3v) is 2.84. The normalized spacial score (nSPS) is 10.8. The van der Waals surface area contributed by atoms with Crippen LogP contribution >= 0.6 is 11.6 Å². The van der Waals surface area contributed by atoms with Gasteiger partial charge in [0.2, 0.25) is 0 Å². The summed E-state index contributed by atoms with van der Waals surface area (Å²) in [6.45, 7) is 3.85. The number of rotatable bonds is 1. The van der Waals surface area contributed by atoms with Crippen LogP contribution in [0.15, 0.2) is 16.9 Å². The van der Waals surface area contributed by atoms with Gasteiger partial charge in [-0.15, -0.1) is 0 Å². The predicted molar refractivity (Wildman–Crippen MR) is 65.6 cm³/mol. The second kappa shape index (κ2) is 3.83. The van der Waals surface area contributed by atoms with Crippen LogP contribution in [0.1, 0.15) is 11.1 Å². The molecule has 0 fully saturated rings. The standard InChI is InChI=1S/C12H12ClNO2/c1-6-4-7(2)11(16-3)8-5-9(13)14-12(15)10(6)8/h4-5H,1-3H3,(H,14,15). The van der Waals surface area contributed by atoms with Gasteiger partial charge in [-0.05, 0) is 31.0 Å². The molecule has 0 aliphatic heterocycles. The van der Waals surface area contributed by atoms with E-state index in [0.29, 0.717) is 16.3 Å². The molecule has 0 spiro atoms. The number of pyridine rings is 1. The van der Waals surface area contributed by atoms with E-state index in [-0.39, 0.29) is 5.56 Å². The molecule has 1 aromatic heterocycles. The second-order valence-electron chi connectivity index (χ2n) is 3.78. The van der Waals surface area contributed by atoms with Crippen LogP contribution in [0.4, 0.5) is 0 Å². The monoisotopic (exact) mass is 237 g/mol. The molecule has 4 heteroatoms. The Hall–Kier alpha value is -1.48. The lowest BCUT2D eigenvalue weighted by atomic mass is 10.0. The maximum absolute atomic E-state index is 11.8. The molecule has 16 heavy (non-hydrogen) atoms. The minimum atomic E-state index is -0.182. The predicted octanol–water partition coefficient (Wildman–Crippen LogP) is 2.81. The Bertz CT molecular complexity index is 616. The Morgan fingerprint density at radius 3 is 2.56 bits per heavy atom. The number of aromatic amines is 1. The molecule has 2 rings (SSSR count). The lowest BCUT2D eigenvalue weighted by molar-refractivity contribution is 0.416. The van der Waals surface area contributed by atoms with Gasteiger partial charge < -0.3 is 9.72 Å². The molecule has 0 aliphatic rings. The van der Waals surface area contributed by atoms with Crippen LogP contribution in [0.5, 0.6) is 5.75 Å². The Labute approximate surface area is 98.0 Å². The van der Waals surface area contributed by atoms with E-state index in [2.05, 4.69) is 4.98 Å². The van der Waals surface area contributed by atoms with E-state index in [4.69, 9.17) is 16.3 Å². The summed E-state index contributed by atoms with van der Waals surface area (Å²) in [7, 11) is 1.59. The number of hydrogen-bond acceptors (Lipinski definition) is 2. The molecular weight excluding hydrogens is 226 g/mol. The van der Waals surface area contributed by atoms with Crippen molar-refractivity contribution in [3.63, 3.8) is 0 Å². The lowest BCUT2D eigenvalue weighted by Gasteiger charge is -2.11. The first-order chi connectivity index (χ1) is 7.54. The van der Waals surface area contributed by atoms with Gasteiger partial charge in [-0.3, -0.25) is 4.79 Å². The molecular formula is C12H12ClNO2. The van der Waals surface area contributed by atoms with Crippen LogP contribution in [0.2, 0.25) is 5.15 Å². The van der Waals surface area contributed by atoms with Crippen molar-refractivity contribution in [3.8, 4) is 5.75 Å². The SMILES string of the molecule is COc1c(C)cc(C)c2c(=O)[nH]c(Cl)cc12. The molecule has 84 valence electrons. The first-order valence-electron chi connectivity index (χ1n) is 4.91. The summed E-state index contributed by atoms with van der Waals surface area (Å²) in [5.41, 5.74) is 1.73. The van der Waals surface area contributed by atoms with Gasteiger partial charge >= 0.3 is 0 Å². The minimum Gasteiger partial charge on any atom is -0.496 e. The molecule has 1 N–H and O–H groups in total. The highest BCUT2D eigenvalue weighted by molar-refractivity contribution is 6.30. The highest BCUT2D eigenvalue weighted by Gasteiger charge is 2.11. The molecule has 3 nitrogen and oxygen atoms in total. The zero-order valence-corrected chi connectivity index (χ0v) is 10.1. The summed E-state index contributed by atoms with van der Waals surface area (Å²) in [4.78, 5) is 14.4. The molecule has 1 aromatic carbocycles. The molecule has 0 radical (unpaired) electrons. The van der Waals surface area contributed by atoms with Gasteiger partial charge in [0.25, 0.3) is 5.56 Å². The molecule has 0 aliphatic carbocycles. The van der Waals surface area contributed by atoms with Crippen molar-refractivity contribution in [1.29, 1.82) is 0 Å². The van der Waals surface area contributed by atoms with Gasteiger partial charge in [0, 0.05) is 5.39 Å². The lowest BCUT2D eigenvalue weighted by Crippen LogP contribution is -2.08. The Morgan fingerprint density at radius 2 is 1.94 bits per heavy atom. The van der Waals surface area contributed by atoms with Gasteiger partial charge in [0.05, 0.1) is 12.5 Å². The van der Waals surface area contributed by atoms with Crippen LogP contribution in [-0.2, 0) is 0 Å². The molecule has 0 bridgehead atoms. The van der Waals surface area contributed by atoms with Crippen molar-refractivity contribution in [3.05, 3.63) is 38.8 Å². The van der Waals surface area contributed by atoms with E-state index in [1.54, 1.807) is 13.2 Å². The Kier molecular flexibility index (Phi) is 2.64. The molecule has 0 atom stereocenters. The quantitative estimate of drug-likeness (QED) is 0.775. The summed E-state index contributed by atoms with van der Waals surface area (Å²) >= 11 is 5.85. The molecule has 0 amide bonds. The van der Waals surface area contributed by atoms with E-state index >= 15 is 0 Å². The Balaban J connectivity index is 3.05. The van der Waals surface area contributed by atoms with Gasteiger partial charge in [-0.2, -0.15) is 0 Å². The van der Waals surface area contributed by atoms with Gasteiger partial charge in [-0.1, -0.05) is 17.7 Å². The van der Waals surface area contributed by atoms with Crippen LogP contribution < -0.4 is 10.3 Å². The number of fused-ring (bicyclic) bond motifs is 1. The zero-order chi connectivity index (χ0) is 11.9. The fraction of sp³-hybridized carbons (Fsp3) is 0.250. The van der Waals surface area contributed by atoms with Crippen molar-refractivity contribution in [2.75, 3.05) is 7.11 Å². The maximum atomic E-state index is 11.8. The fourth-order valence-corrected chi connectivity index (χ4v) is 2.24. The van der Waals surface area contributed by atoms with Gasteiger partial charge in [0.15, 0.2) is 0 Å². The molecule has 0 saturated carbocycles. The minimum absolute atomic E-state index is 0.182. The van der Waals surface area contributed by atoms with E-state index in [0.717, 1.165) is 16.5 Å². The van der Waals surface area contributed by atoms with Crippen molar-refractivity contribution >= 4 is 22.4 Å². The third-order valence-electron chi connectivity index (χ3n) is 2.63. The zero-order valence-electron chi connectivity index (χ0n) is 9.35. The van der Waals surface area contributed by atoms with Gasteiger partial charge in [-0.25, -0.2) is 0 Å². The van der Waals surface area contributed by atoms with Crippen LogP contribution in [0, 0.1) is 13.8 Å². The summed E-state index contributed by atoms with van der Waals surface area (Å²) in [5, 5.41) is 1.71. The summed E-state index contributed by atoms with van der Waals surface area (Å²) in [6.07, 6.45) is 0. The largest absolute Gasteiger partial charge is 0.496 e. The van der Waals surface area contributed by atoms with E-state index < -0.39 is 0 Å². The topological polar surface area (TPSA) is 42.1 Å². The number of aromatic nitrogens is 1. The van der Waals surface area contributed by atoms with Crippen molar-refractivity contribution < 1.29 is 4.74 Å². The average Bonchev–Trinajstić information content (AvgIpc) is 2.15. The molecule has 1 heterocycles.